The number of thiophene rings is 1. The van der Waals surface area contributed by atoms with Gasteiger partial charge in [0.25, 0.3) is 5.91 Å². The van der Waals surface area contributed by atoms with Crippen LogP contribution in [0.1, 0.15) is 9.67 Å². The van der Waals surface area contributed by atoms with Crippen LogP contribution >= 0.6 is 11.3 Å². The Labute approximate surface area is 116 Å². The summed E-state index contributed by atoms with van der Waals surface area (Å²) in [5.74, 6) is 0.125. The van der Waals surface area contributed by atoms with Gasteiger partial charge in [-0.2, -0.15) is 0 Å². The van der Waals surface area contributed by atoms with Crippen LogP contribution in [0.2, 0.25) is 0 Å². The number of carbonyl (C=O) groups is 1. The van der Waals surface area contributed by atoms with Gasteiger partial charge in [0, 0.05) is 39.6 Å². The third-order valence-electron chi connectivity index (χ3n) is 3.01. The highest BCUT2D eigenvalue weighted by molar-refractivity contribution is 7.89. The molecule has 2 N–H and O–H groups in total. The van der Waals surface area contributed by atoms with E-state index in [0.717, 1.165) is 28.7 Å². The maximum absolute atomic E-state index is 12.1. The minimum atomic E-state index is -3.57. The number of amides is 1. The maximum Gasteiger partial charge on any atom is 0.262 e. The highest BCUT2D eigenvalue weighted by atomic mass is 32.2. The minimum Gasteiger partial charge on any atom is -0.351 e. The highest BCUT2D eigenvalue weighted by Crippen LogP contribution is 2.24. The molecule has 0 aromatic carbocycles. The molecule has 0 aliphatic carbocycles. The number of nitrogens with zero attached hydrogens (tertiary/aromatic N) is 1. The molecule has 0 saturated carbocycles. The summed E-state index contributed by atoms with van der Waals surface area (Å²) in [4.78, 5) is 12.4. The van der Waals surface area contributed by atoms with Crippen molar-refractivity contribution in [1.29, 1.82) is 0 Å². The molecular weight excluding hydrogens is 286 g/mol. The predicted molar refractivity (Wildman–Crippen MR) is 73.9 cm³/mol. The van der Waals surface area contributed by atoms with Crippen LogP contribution in [-0.2, 0) is 10.0 Å². The van der Waals surface area contributed by atoms with Gasteiger partial charge in [-0.25, -0.2) is 12.7 Å². The Morgan fingerprint density at radius 3 is 2.74 bits per heavy atom. The standard InChI is InChI=1S/C11H17N3O3S2/c1-14(2)19(16,17)9-3-4-18-10(9)11(15)13-7-8-5-12-6-8/h3-4,8,12H,5-7H2,1-2H3,(H,13,15). The first kappa shape index (κ1) is 14.4. The molecule has 1 aromatic rings. The average Bonchev–Trinajstić information content (AvgIpc) is 2.75. The largest absolute Gasteiger partial charge is 0.351 e. The molecule has 0 atom stereocenters. The van der Waals surface area contributed by atoms with Crippen molar-refractivity contribution < 1.29 is 13.2 Å². The Bertz CT molecular complexity index is 561. The smallest absolute Gasteiger partial charge is 0.262 e. The van der Waals surface area contributed by atoms with Crippen molar-refractivity contribution >= 4 is 27.3 Å². The van der Waals surface area contributed by atoms with E-state index >= 15 is 0 Å². The zero-order chi connectivity index (χ0) is 14.0. The van der Waals surface area contributed by atoms with Crippen molar-refractivity contribution in [2.45, 2.75) is 4.90 Å². The Morgan fingerprint density at radius 2 is 2.21 bits per heavy atom. The number of hydrogen-bond acceptors (Lipinski definition) is 5. The number of sulfonamides is 1. The monoisotopic (exact) mass is 303 g/mol. The van der Waals surface area contributed by atoms with Crippen molar-refractivity contribution in [2.24, 2.45) is 5.92 Å². The molecule has 6 nitrogen and oxygen atoms in total. The zero-order valence-corrected chi connectivity index (χ0v) is 12.5. The molecule has 0 unspecified atom stereocenters. The minimum absolute atomic E-state index is 0.0757. The van der Waals surface area contributed by atoms with Crippen LogP contribution in [0.3, 0.4) is 0 Å². The Balaban J connectivity index is 2.12. The third kappa shape index (κ3) is 2.97. The van der Waals surface area contributed by atoms with Crippen LogP contribution in [0.25, 0.3) is 0 Å². The summed E-state index contributed by atoms with van der Waals surface area (Å²) >= 11 is 1.15. The van der Waals surface area contributed by atoms with E-state index in [1.54, 1.807) is 5.38 Å². The lowest BCUT2D eigenvalue weighted by Gasteiger charge is -2.27. The molecule has 106 valence electrons. The van der Waals surface area contributed by atoms with Gasteiger partial charge in [-0.1, -0.05) is 0 Å². The summed E-state index contributed by atoms with van der Waals surface area (Å²) in [5.41, 5.74) is 0. The number of carbonyl (C=O) groups excluding carboxylic acids is 1. The van der Waals surface area contributed by atoms with E-state index in [4.69, 9.17) is 0 Å². The lowest BCUT2D eigenvalue weighted by atomic mass is 10.0. The summed E-state index contributed by atoms with van der Waals surface area (Å²) in [7, 11) is -0.663. The fraction of sp³-hybridized carbons (Fsp3) is 0.545. The molecule has 1 saturated heterocycles. The van der Waals surface area contributed by atoms with E-state index < -0.39 is 10.0 Å². The van der Waals surface area contributed by atoms with Crippen molar-refractivity contribution in [3.63, 3.8) is 0 Å². The normalized spacial score (nSPS) is 16.4. The molecule has 19 heavy (non-hydrogen) atoms. The number of nitrogens with one attached hydrogen (secondary N) is 2. The molecular formula is C11H17N3O3S2. The van der Waals surface area contributed by atoms with Gasteiger partial charge in [0.1, 0.15) is 9.77 Å². The van der Waals surface area contributed by atoms with Gasteiger partial charge in [-0.05, 0) is 11.4 Å². The molecule has 0 bridgehead atoms. The average molecular weight is 303 g/mol. The molecule has 2 heterocycles. The van der Waals surface area contributed by atoms with E-state index in [2.05, 4.69) is 10.6 Å². The van der Waals surface area contributed by atoms with Gasteiger partial charge < -0.3 is 10.6 Å². The molecule has 1 aliphatic rings. The molecule has 0 spiro atoms. The van der Waals surface area contributed by atoms with Crippen molar-refractivity contribution in [2.75, 3.05) is 33.7 Å². The van der Waals surface area contributed by atoms with Crippen LogP contribution in [0, 0.1) is 5.92 Å². The first-order valence-corrected chi connectivity index (χ1v) is 8.24. The van der Waals surface area contributed by atoms with Crippen LogP contribution in [0.4, 0.5) is 0 Å². The fourth-order valence-electron chi connectivity index (χ4n) is 1.67. The van der Waals surface area contributed by atoms with Crippen LogP contribution in [0.15, 0.2) is 16.3 Å². The fourth-order valence-corrected chi connectivity index (χ4v) is 3.88. The van der Waals surface area contributed by atoms with Crippen LogP contribution in [0.5, 0.6) is 0 Å². The summed E-state index contributed by atoms with van der Waals surface area (Å²) in [5, 5.41) is 7.53. The molecule has 1 aromatic heterocycles. The summed E-state index contributed by atoms with van der Waals surface area (Å²) < 4.78 is 25.2. The second-order valence-electron chi connectivity index (χ2n) is 4.64. The number of rotatable bonds is 5. The van der Waals surface area contributed by atoms with Gasteiger partial charge in [-0.15, -0.1) is 11.3 Å². The predicted octanol–water partition coefficient (Wildman–Crippen LogP) is -0.0524. The van der Waals surface area contributed by atoms with Gasteiger partial charge >= 0.3 is 0 Å². The molecule has 0 radical (unpaired) electrons. The summed E-state index contributed by atoms with van der Waals surface area (Å²) in [6.45, 7) is 2.37. The van der Waals surface area contributed by atoms with E-state index in [0.29, 0.717) is 12.5 Å². The lowest BCUT2D eigenvalue weighted by molar-refractivity contribution is 0.0943. The van der Waals surface area contributed by atoms with E-state index in [1.807, 2.05) is 0 Å². The summed E-state index contributed by atoms with van der Waals surface area (Å²) in [6.07, 6.45) is 0. The second kappa shape index (κ2) is 5.58. The third-order valence-corrected chi connectivity index (χ3v) is 5.91. The van der Waals surface area contributed by atoms with Gasteiger partial charge in [-0.3, -0.25) is 4.79 Å². The number of hydrogen-bond donors (Lipinski definition) is 2. The zero-order valence-electron chi connectivity index (χ0n) is 10.8. The van der Waals surface area contributed by atoms with Crippen LogP contribution < -0.4 is 10.6 Å². The van der Waals surface area contributed by atoms with Gasteiger partial charge in [0.15, 0.2) is 0 Å². The first-order valence-electron chi connectivity index (χ1n) is 5.92. The maximum atomic E-state index is 12.1. The molecule has 1 amide bonds. The summed E-state index contributed by atoms with van der Waals surface area (Å²) in [6, 6.07) is 1.47. The van der Waals surface area contributed by atoms with E-state index in [9.17, 15) is 13.2 Å². The quantitative estimate of drug-likeness (QED) is 0.799. The molecule has 1 fully saturated rings. The molecule has 1 aliphatic heterocycles. The highest BCUT2D eigenvalue weighted by Gasteiger charge is 2.26. The van der Waals surface area contributed by atoms with E-state index in [1.165, 1.54) is 20.2 Å². The lowest BCUT2D eigenvalue weighted by Crippen LogP contribution is -2.48. The molecule has 8 heteroatoms. The van der Waals surface area contributed by atoms with Crippen molar-refractivity contribution in [3.8, 4) is 0 Å². The SMILES string of the molecule is CN(C)S(=O)(=O)c1ccsc1C(=O)NCC1CNC1. The Hall–Kier alpha value is -0.960. The van der Waals surface area contributed by atoms with Crippen molar-refractivity contribution in [1.82, 2.24) is 14.9 Å². The Morgan fingerprint density at radius 1 is 1.53 bits per heavy atom. The van der Waals surface area contributed by atoms with Crippen LogP contribution in [-0.4, -0.2) is 52.4 Å². The molecule has 2 rings (SSSR count). The second-order valence-corrected chi connectivity index (χ2v) is 7.67. The Kier molecular flexibility index (Phi) is 4.24. The van der Waals surface area contributed by atoms with Gasteiger partial charge in [0.2, 0.25) is 10.0 Å². The van der Waals surface area contributed by atoms with Crippen molar-refractivity contribution in [3.05, 3.63) is 16.3 Å². The topological polar surface area (TPSA) is 78.5 Å². The van der Waals surface area contributed by atoms with E-state index in [-0.39, 0.29) is 15.7 Å². The van der Waals surface area contributed by atoms with Gasteiger partial charge in [0.05, 0.1) is 0 Å². The first-order chi connectivity index (χ1) is 8.93.